The molecule has 216 valence electrons. The van der Waals surface area contributed by atoms with Crippen LogP contribution in [0, 0.1) is 38.7 Å². The van der Waals surface area contributed by atoms with Crippen LogP contribution in [0.25, 0.3) is 0 Å². The highest BCUT2D eigenvalue weighted by Crippen LogP contribution is 2.67. The van der Waals surface area contributed by atoms with E-state index in [0.717, 1.165) is 18.4 Å². The summed E-state index contributed by atoms with van der Waals surface area (Å²) in [5.41, 5.74) is -1.82. The molecular formula is C27H38N2O10. The summed E-state index contributed by atoms with van der Waals surface area (Å²) in [5.74, 6) is -1.81. The van der Waals surface area contributed by atoms with Crippen molar-refractivity contribution in [2.45, 2.75) is 83.3 Å². The van der Waals surface area contributed by atoms with E-state index in [9.17, 15) is 39.5 Å². The molecule has 0 bridgehead atoms. The number of hydrogen-bond donors (Lipinski definition) is 3. The number of esters is 1. The maximum Gasteiger partial charge on any atom is 0.325 e. The molecule has 0 aromatic carbocycles. The molecule has 3 fully saturated rings. The van der Waals surface area contributed by atoms with E-state index in [1.54, 1.807) is 6.08 Å². The van der Waals surface area contributed by atoms with Crippen molar-refractivity contribution in [1.29, 1.82) is 0 Å². The van der Waals surface area contributed by atoms with E-state index in [-0.39, 0.29) is 61.2 Å². The van der Waals surface area contributed by atoms with Crippen LogP contribution in [0.3, 0.4) is 0 Å². The summed E-state index contributed by atoms with van der Waals surface area (Å²) in [6.45, 7) is 2.61. The van der Waals surface area contributed by atoms with Crippen LogP contribution in [0.15, 0.2) is 11.6 Å². The largest absolute Gasteiger partial charge is 0.456 e. The van der Waals surface area contributed by atoms with Gasteiger partial charge in [-0.05, 0) is 74.2 Å². The summed E-state index contributed by atoms with van der Waals surface area (Å²) in [6.07, 6.45) is 4.79. The Labute approximate surface area is 226 Å². The van der Waals surface area contributed by atoms with Crippen molar-refractivity contribution in [3.8, 4) is 0 Å². The highest BCUT2D eigenvalue weighted by Gasteiger charge is 2.68. The van der Waals surface area contributed by atoms with E-state index in [2.05, 4.69) is 17.1 Å². The molecule has 12 nitrogen and oxygen atoms in total. The zero-order valence-corrected chi connectivity index (χ0v) is 22.5. The number of carbonyl (C=O) groups is 4. The van der Waals surface area contributed by atoms with Crippen LogP contribution >= 0.6 is 0 Å². The normalized spacial score (nSPS) is 37.0. The molecule has 0 radical (unpaired) electrons. The van der Waals surface area contributed by atoms with Gasteiger partial charge in [-0.1, -0.05) is 19.4 Å². The Kier molecular flexibility index (Phi) is 8.18. The number of nitrogens with one attached hydrogen (secondary N) is 1. The van der Waals surface area contributed by atoms with Crippen LogP contribution in [0.2, 0.25) is 0 Å². The highest BCUT2D eigenvalue weighted by atomic mass is 16.9. The Morgan fingerprint density at radius 1 is 1.21 bits per heavy atom. The van der Waals surface area contributed by atoms with Gasteiger partial charge in [0.1, 0.15) is 12.1 Å². The average molecular weight is 551 g/mol. The summed E-state index contributed by atoms with van der Waals surface area (Å²) >= 11 is 0. The number of ketones is 2. The predicted octanol–water partition coefficient (Wildman–Crippen LogP) is 1.44. The van der Waals surface area contributed by atoms with E-state index in [0.29, 0.717) is 19.3 Å². The van der Waals surface area contributed by atoms with Crippen LogP contribution in [0.5, 0.6) is 0 Å². The molecule has 3 saturated carbocycles. The van der Waals surface area contributed by atoms with Gasteiger partial charge in [0.2, 0.25) is 11.7 Å². The van der Waals surface area contributed by atoms with Gasteiger partial charge >= 0.3 is 5.97 Å². The lowest BCUT2D eigenvalue weighted by Crippen LogP contribution is -2.62. The lowest BCUT2D eigenvalue weighted by molar-refractivity contribution is -0.757. The van der Waals surface area contributed by atoms with Gasteiger partial charge in [0.05, 0.1) is 12.7 Å². The molecule has 4 aliphatic rings. The Hall–Kier alpha value is -2.86. The van der Waals surface area contributed by atoms with Crippen molar-refractivity contribution < 1.29 is 44.1 Å². The van der Waals surface area contributed by atoms with Crippen molar-refractivity contribution in [3.05, 3.63) is 21.8 Å². The van der Waals surface area contributed by atoms with E-state index in [1.165, 1.54) is 0 Å². The Balaban J connectivity index is 1.35. The fraction of sp³-hybridized carbons (Fsp3) is 0.778. The molecule has 0 heterocycles. The number of amides is 1. The number of rotatable bonds is 10. The van der Waals surface area contributed by atoms with Gasteiger partial charge in [-0.3, -0.25) is 19.2 Å². The maximum absolute atomic E-state index is 13.3. The second-order valence-corrected chi connectivity index (χ2v) is 12.0. The van der Waals surface area contributed by atoms with Crippen molar-refractivity contribution >= 4 is 23.4 Å². The fourth-order valence-electron chi connectivity index (χ4n) is 8.10. The Morgan fingerprint density at radius 3 is 2.67 bits per heavy atom. The summed E-state index contributed by atoms with van der Waals surface area (Å²) in [4.78, 5) is 63.5. The third kappa shape index (κ3) is 5.32. The van der Waals surface area contributed by atoms with Crippen LogP contribution in [-0.2, 0) is 28.8 Å². The molecule has 4 rings (SSSR count). The topological polar surface area (TPSA) is 182 Å². The standard InChI is InChI=1S/C27H38N2O10/c1-25-9-7-17(30)12-16(25)5-6-18-19-8-10-27(35,26(19,2)13-20(31)24(18)25)21(32)15-38-23(34)14-28-22(33)4-3-11-39-29(36)37/h12,18-20,24,31,35H,3-11,13-15H2,1-2H3,(H,28,33)/t18-,19?,20-,24?,25-,26-,27-/m0/s1. The minimum absolute atomic E-state index is 0.00475. The minimum Gasteiger partial charge on any atom is -0.456 e. The van der Waals surface area contributed by atoms with Crippen molar-refractivity contribution in [3.63, 3.8) is 0 Å². The number of Topliss-reactive ketones (excluding diaryl/α,β-unsaturated/α-hetero) is 1. The molecule has 0 aliphatic heterocycles. The van der Waals surface area contributed by atoms with Gasteiger partial charge in [-0.25, -0.2) is 0 Å². The summed E-state index contributed by atoms with van der Waals surface area (Å²) in [7, 11) is 0. The molecule has 3 N–H and O–H groups in total. The van der Waals surface area contributed by atoms with Gasteiger partial charge in [0.15, 0.2) is 12.4 Å². The SMILES string of the molecule is C[C@]12CCC(=O)C=C1CC[C@@H]1C2[C@@H](O)C[C@@]2(C)C1CC[C@]2(O)C(=O)COC(=O)CNC(=O)CCCO[N+](=O)[O-]. The summed E-state index contributed by atoms with van der Waals surface area (Å²) < 4.78 is 5.06. The molecule has 0 aromatic rings. The first-order valence-corrected chi connectivity index (χ1v) is 13.7. The first-order valence-electron chi connectivity index (χ1n) is 13.7. The quantitative estimate of drug-likeness (QED) is 0.156. The minimum atomic E-state index is -1.76. The number of aliphatic hydroxyl groups is 2. The van der Waals surface area contributed by atoms with E-state index >= 15 is 0 Å². The van der Waals surface area contributed by atoms with Crippen LogP contribution in [0.1, 0.15) is 71.6 Å². The second-order valence-electron chi connectivity index (χ2n) is 12.0. The number of fused-ring (bicyclic) bond motifs is 5. The zero-order chi connectivity index (χ0) is 28.6. The number of nitrogens with zero attached hydrogens (tertiary/aromatic N) is 1. The van der Waals surface area contributed by atoms with Crippen molar-refractivity contribution in [2.24, 2.45) is 28.6 Å². The maximum atomic E-state index is 13.3. The Morgan fingerprint density at radius 2 is 1.95 bits per heavy atom. The summed E-state index contributed by atoms with van der Waals surface area (Å²) in [6, 6.07) is 0. The van der Waals surface area contributed by atoms with Crippen LogP contribution in [-0.4, -0.2) is 70.2 Å². The zero-order valence-electron chi connectivity index (χ0n) is 22.5. The van der Waals surface area contributed by atoms with Crippen molar-refractivity contribution in [2.75, 3.05) is 19.8 Å². The van der Waals surface area contributed by atoms with Crippen molar-refractivity contribution in [1.82, 2.24) is 5.32 Å². The van der Waals surface area contributed by atoms with E-state index in [1.807, 2.05) is 6.92 Å². The molecule has 0 saturated heterocycles. The van der Waals surface area contributed by atoms with Crippen LogP contribution < -0.4 is 5.32 Å². The second kappa shape index (κ2) is 11.0. The lowest BCUT2D eigenvalue weighted by atomic mass is 9.45. The molecule has 0 aromatic heterocycles. The first-order chi connectivity index (χ1) is 18.3. The number of ether oxygens (including phenoxy) is 1. The molecule has 4 aliphatic carbocycles. The fourth-order valence-corrected chi connectivity index (χ4v) is 8.10. The number of hydrogen-bond acceptors (Lipinski definition) is 10. The van der Waals surface area contributed by atoms with Crippen LogP contribution in [0.4, 0.5) is 0 Å². The monoisotopic (exact) mass is 550 g/mol. The smallest absolute Gasteiger partial charge is 0.325 e. The summed E-state index contributed by atoms with van der Waals surface area (Å²) in [5, 5.41) is 34.6. The Bertz CT molecular complexity index is 1070. The number of allylic oxidation sites excluding steroid dienone is 1. The molecule has 7 atom stereocenters. The molecule has 1 amide bonds. The lowest BCUT2D eigenvalue weighted by Gasteiger charge is -2.60. The highest BCUT2D eigenvalue weighted by molar-refractivity contribution is 5.92. The predicted molar refractivity (Wildman–Crippen MR) is 134 cm³/mol. The molecule has 0 spiro atoms. The molecule has 2 unspecified atom stereocenters. The molecule has 39 heavy (non-hydrogen) atoms. The van der Waals surface area contributed by atoms with Gasteiger partial charge in [-0.15, -0.1) is 10.1 Å². The first kappa shape index (κ1) is 29.1. The molecule has 12 heteroatoms. The third-order valence-corrected chi connectivity index (χ3v) is 10.0. The van der Waals surface area contributed by atoms with E-state index < -0.39 is 53.0 Å². The number of carbonyl (C=O) groups excluding carboxylic acids is 4. The van der Waals surface area contributed by atoms with Gasteiger partial charge in [0, 0.05) is 18.3 Å². The average Bonchev–Trinajstić information content (AvgIpc) is 3.14. The van der Waals surface area contributed by atoms with Gasteiger partial charge < -0.3 is 25.1 Å². The van der Waals surface area contributed by atoms with E-state index in [4.69, 9.17) is 4.74 Å². The number of aliphatic hydroxyl groups excluding tert-OH is 1. The molecular weight excluding hydrogens is 512 g/mol. The van der Waals surface area contributed by atoms with Gasteiger partial charge in [0.25, 0.3) is 5.09 Å². The third-order valence-electron chi connectivity index (χ3n) is 10.0. The van der Waals surface area contributed by atoms with Gasteiger partial charge in [-0.2, -0.15) is 0 Å².